The van der Waals surface area contributed by atoms with Crippen molar-refractivity contribution in [2.45, 2.75) is 6.10 Å². The van der Waals surface area contributed by atoms with Crippen LogP contribution < -0.4 is 20.5 Å². The summed E-state index contributed by atoms with van der Waals surface area (Å²) in [7, 11) is 0. The highest BCUT2D eigenvalue weighted by atomic mass is 16.6. The van der Waals surface area contributed by atoms with Gasteiger partial charge in [-0.1, -0.05) is 24.3 Å². The van der Waals surface area contributed by atoms with Crippen LogP contribution in [0, 0.1) is 0 Å². The average Bonchev–Trinajstić information content (AvgIpc) is 2.49. The zero-order valence-corrected chi connectivity index (χ0v) is 10.7. The Kier molecular flexibility index (Phi) is 3.16. The molecular weight excluding hydrogens is 256 g/mol. The number of anilines is 2. The van der Waals surface area contributed by atoms with E-state index in [1.807, 2.05) is 12.1 Å². The fourth-order valence-electron chi connectivity index (χ4n) is 1.97. The molecule has 1 aliphatic heterocycles. The first kappa shape index (κ1) is 12.3. The molecule has 1 heterocycles. The third-order valence-corrected chi connectivity index (χ3v) is 3.02. The maximum absolute atomic E-state index is 12.2. The zero-order valence-electron chi connectivity index (χ0n) is 10.7. The second-order valence-electron chi connectivity index (χ2n) is 4.44. The number of nitrogens with one attached hydrogen (secondary N) is 1. The van der Waals surface area contributed by atoms with Crippen LogP contribution in [0.15, 0.2) is 48.5 Å². The number of nitrogens with two attached hydrogens (primary N) is 1. The Morgan fingerprint density at radius 3 is 2.60 bits per heavy atom. The van der Waals surface area contributed by atoms with Crippen LogP contribution in [0.1, 0.15) is 0 Å². The van der Waals surface area contributed by atoms with Gasteiger partial charge < -0.3 is 20.5 Å². The van der Waals surface area contributed by atoms with Gasteiger partial charge in [-0.2, -0.15) is 0 Å². The minimum absolute atomic E-state index is 0.176. The number of para-hydroxylation sites is 4. The molecule has 1 unspecified atom stereocenters. The monoisotopic (exact) mass is 270 g/mol. The van der Waals surface area contributed by atoms with E-state index >= 15 is 0 Å². The van der Waals surface area contributed by atoms with Crippen LogP contribution >= 0.6 is 0 Å². The topological polar surface area (TPSA) is 73.6 Å². The number of ether oxygens (including phenoxy) is 2. The smallest absolute Gasteiger partial charge is 0.269 e. The Morgan fingerprint density at radius 2 is 1.80 bits per heavy atom. The van der Waals surface area contributed by atoms with Gasteiger partial charge in [0.15, 0.2) is 11.5 Å². The Labute approximate surface area is 116 Å². The predicted octanol–water partition coefficient (Wildman–Crippen LogP) is 2.05. The van der Waals surface area contributed by atoms with Gasteiger partial charge in [0.2, 0.25) is 6.10 Å². The molecule has 20 heavy (non-hydrogen) atoms. The Hall–Kier alpha value is -2.69. The lowest BCUT2D eigenvalue weighted by atomic mass is 10.2. The summed E-state index contributed by atoms with van der Waals surface area (Å²) in [5.41, 5.74) is 6.87. The molecule has 0 bridgehead atoms. The number of carbonyl (C=O) groups is 1. The molecule has 0 saturated carbocycles. The van der Waals surface area contributed by atoms with Crippen LogP contribution in [0.25, 0.3) is 0 Å². The summed E-state index contributed by atoms with van der Waals surface area (Å²) in [5, 5.41) is 2.74. The van der Waals surface area contributed by atoms with Gasteiger partial charge in [0.25, 0.3) is 5.91 Å². The highest BCUT2D eigenvalue weighted by Gasteiger charge is 2.27. The lowest BCUT2D eigenvalue weighted by Crippen LogP contribution is -2.40. The van der Waals surface area contributed by atoms with Crippen LogP contribution in [0.3, 0.4) is 0 Å². The maximum atomic E-state index is 12.2. The van der Waals surface area contributed by atoms with E-state index in [0.717, 1.165) is 0 Å². The van der Waals surface area contributed by atoms with Crippen LogP contribution in [0.2, 0.25) is 0 Å². The van der Waals surface area contributed by atoms with E-state index in [0.29, 0.717) is 22.9 Å². The highest BCUT2D eigenvalue weighted by molar-refractivity contribution is 5.97. The van der Waals surface area contributed by atoms with E-state index in [1.165, 1.54) is 0 Å². The van der Waals surface area contributed by atoms with Crippen molar-refractivity contribution >= 4 is 17.3 Å². The molecule has 0 fully saturated rings. The van der Waals surface area contributed by atoms with Gasteiger partial charge in [0.1, 0.15) is 6.61 Å². The molecule has 102 valence electrons. The van der Waals surface area contributed by atoms with Crippen molar-refractivity contribution in [3.8, 4) is 11.5 Å². The van der Waals surface area contributed by atoms with Gasteiger partial charge in [0, 0.05) is 0 Å². The molecule has 5 nitrogen and oxygen atoms in total. The molecule has 3 rings (SSSR count). The fraction of sp³-hybridized carbons (Fsp3) is 0.133. The van der Waals surface area contributed by atoms with Crippen LogP contribution in [-0.2, 0) is 4.79 Å². The number of fused-ring (bicyclic) bond motifs is 1. The molecule has 3 N–H and O–H groups in total. The first-order valence-electron chi connectivity index (χ1n) is 6.28. The molecule has 2 aromatic carbocycles. The maximum Gasteiger partial charge on any atom is 0.269 e. The largest absolute Gasteiger partial charge is 0.485 e. The van der Waals surface area contributed by atoms with Crippen LogP contribution in [0.4, 0.5) is 11.4 Å². The molecule has 1 atom stereocenters. The number of amides is 1. The van der Waals surface area contributed by atoms with Crippen molar-refractivity contribution in [3.63, 3.8) is 0 Å². The zero-order chi connectivity index (χ0) is 13.9. The molecular formula is C15H14N2O3. The number of rotatable bonds is 2. The summed E-state index contributed by atoms with van der Waals surface area (Å²) in [6.07, 6.45) is -0.690. The summed E-state index contributed by atoms with van der Waals surface area (Å²) in [5.74, 6) is 0.938. The lowest BCUT2D eigenvalue weighted by Gasteiger charge is -2.25. The summed E-state index contributed by atoms with van der Waals surface area (Å²) in [4.78, 5) is 12.2. The predicted molar refractivity (Wildman–Crippen MR) is 75.8 cm³/mol. The SMILES string of the molecule is Nc1ccccc1NC(=O)C1COc2ccccc2O1. The van der Waals surface area contributed by atoms with Crippen molar-refractivity contribution in [1.29, 1.82) is 0 Å². The quantitative estimate of drug-likeness (QED) is 0.819. The molecule has 0 radical (unpaired) electrons. The number of hydrogen-bond donors (Lipinski definition) is 2. The standard InChI is InChI=1S/C15H14N2O3/c16-10-5-1-2-6-11(10)17-15(18)14-9-19-12-7-3-4-8-13(12)20-14/h1-8,14H,9,16H2,(H,17,18). The number of hydrogen-bond acceptors (Lipinski definition) is 4. The van der Waals surface area contributed by atoms with E-state index in [-0.39, 0.29) is 12.5 Å². The lowest BCUT2D eigenvalue weighted by molar-refractivity contribution is -0.125. The third-order valence-electron chi connectivity index (χ3n) is 3.02. The first-order valence-corrected chi connectivity index (χ1v) is 6.28. The number of benzene rings is 2. The van der Waals surface area contributed by atoms with Crippen LogP contribution in [-0.4, -0.2) is 18.6 Å². The molecule has 1 amide bonds. The van der Waals surface area contributed by atoms with Gasteiger partial charge in [0.05, 0.1) is 11.4 Å². The second-order valence-corrected chi connectivity index (χ2v) is 4.44. The summed E-state index contributed by atoms with van der Waals surface area (Å²) >= 11 is 0. The molecule has 5 heteroatoms. The summed E-state index contributed by atoms with van der Waals surface area (Å²) < 4.78 is 11.1. The number of nitrogen functional groups attached to an aromatic ring is 1. The van der Waals surface area contributed by atoms with Crippen LogP contribution in [0.5, 0.6) is 11.5 Å². The first-order chi connectivity index (χ1) is 9.74. The Balaban J connectivity index is 1.72. The second kappa shape index (κ2) is 5.13. The number of carbonyl (C=O) groups excluding carboxylic acids is 1. The van der Waals surface area contributed by atoms with E-state index in [4.69, 9.17) is 15.2 Å². The van der Waals surface area contributed by atoms with Gasteiger partial charge in [-0.05, 0) is 24.3 Å². The van der Waals surface area contributed by atoms with Crippen molar-refractivity contribution in [1.82, 2.24) is 0 Å². The Morgan fingerprint density at radius 1 is 1.10 bits per heavy atom. The molecule has 1 aliphatic rings. The highest BCUT2D eigenvalue weighted by Crippen LogP contribution is 2.31. The van der Waals surface area contributed by atoms with Gasteiger partial charge in [-0.3, -0.25) is 4.79 Å². The summed E-state index contributed by atoms with van der Waals surface area (Å²) in [6, 6.07) is 14.3. The third kappa shape index (κ3) is 2.38. The molecule has 0 aliphatic carbocycles. The molecule has 0 spiro atoms. The minimum Gasteiger partial charge on any atom is -0.485 e. The van der Waals surface area contributed by atoms with Gasteiger partial charge >= 0.3 is 0 Å². The molecule has 0 aromatic heterocycles. The van der Waals surface area contributed by atoms with E-state index in [9.17, 15) is 4.79 Å². The van der Waals surface area contributed by atoms with E-state index < -0.39 is 6.10 Å². The average molecular weight is 270 g/mol. The van der Waals surface area contributed by atoms with Crippen molar-refractivity contribution < 1.29 is 14.3 Å². The van der Waals surface area contributed by atoms with E-state index in [2.05, 4.69) is 5.32 Å². The van der Waals surface area contributed by atoms with Gasteiger partial charge in [-0.15, -0.1) is 0 Å². The van der Waals surface area contributed by atoms with Crippen molar-refractivity contribution in [2.75, 3.05) is 17.7 Å². The minimum atomic E-state index is -0.690. The molecule has 2 aromatic rings. The summed E-state index contributed by atoms with van der Waals surface area (Å²) in [6.45, 7) is 0.176. The molecule has 0 saturated heterocycles. The fourth-order valence-corrected chi connectivity index (χ4v) is 1.97. The van der Waals surface area contributed by atoms with Crippen molar-refractivity contribution in [2.24, 2.45) is 0 Å². The van der Waals surface area contributed by atoms with Crippen molar-refractivity contribution in [3.05, 3.63) is 48.5 Å². The normalized spacial score (nSPS) is 16.5. The Bertz CT molecular complexity index is 643. The van der Waals surface area contributed by atoms with Gasteiger partial charge in [-0.25, -0.2) is 0 Å². The van der Waals surface area contributed by atoms with E-state index in [1.54, 1.807) is 36.4 Å².